The summed E-state index contributed by atoms with van der Waals surface area (Å²) in [6.07, 6.45) is 1.11. The summed E-state index contributed by atoms with van der Waals surface area (Å²) in [7, 11) is 0. The summed E-state index contributed by atoms with van der Waals surface area (Å²) in [6, 6.07) is 19.3. The minimum Gasteiger partial charge on any atom is -0.390 e. The van der Waals surface area contributed by atoms with Gasteiger partial charge in [0.15, 0.2) is 5.82 Å². The van der Waals surface area contributed by atoms with Crippen LogP contribution in [-0.4, -0.2) is 45.3 Å². The Hall–Kier alpha value is -3.01. The molecule has 1 amide bonds. The molecule has 2 aliphatic rings. The van der Waals surface area contributed by atoms with Crippen molar-refractivity contribution in [1.29, 1.82) is 0 Å². The molecule has 0 spiro atoms. The number of aromatic nitrogens is 2. The number of carbonyl (C=O) groups is 1. The van der Waals surface area contributed by atoms with Gasteiger partial charge >= 0.3 is 0 Å². The zero-order valence-electron chi connectivity index (χ0n) is 17.8. The van der Waals surface area contributed by atoms with Crippen LogP contribution in [0, 0.1) is 11.7 Å². The van der Waals surface area contributed by atoms with Crippen LogP contribution >= 0.6 is 11.8 Å². The lowest BCUT2D eigenvalue weighted by Crippen LogP contribution is -2.61. The maximum atomic E-state index is 13.8. The van der Waals surface area contributed by atoms with Gasteiger partial charge in [-0.3, -0.25) is 10.1 Å². The van der Waals surface area contributed by atoms with Crippen molar-refractivity contribution in [3.8, 4) is 0 Å². The van der Waals surface area contributed by atoms with Gasteiger partial charge in [0.25, 0.3) is 5.91 Å². The van der Waals surface area contributed by atoms with Gasteiger partial charge in [0, 0.05) is 30.3 Å². The summed E-state index contributed by atoms with van der Waals surface area (Å²) >= 11 is 1.65. The molecular formula is C24H24FN5O2S. The molecule has 3 N–H and O–H groups in total. The minimum absolute atomic E-state index is 0.0148. The zero-order valence-corrected chi connectivity index (χ0v) is 18.6. The Balaban J connectivity index is 1.43. The number of aliphatic hydroxyl groups is 1. The van der Waals surface area contributed by atoms with E-state index < -0.39 is 18.0 Å². The molecule has 7 nitrogen and oxygen atoms in total. The molecule has 0 aliphatic carbocycles. The second-order valence-electron chi connectivity index (χ2n) is 8.23. The van der Waals surface area contributed by atoms with Gasteiger partial charge in [0.05, 0.1) is 18.3 Å². The average molecular weight is 466 g/mol. The molecule has 3 aromatic rings. The largest absolute Gasteiger partial charge is 0.390 e. The number of carbonyl (C=O) groups excluding carboxylic acids is 1. The van der Waals surface area contributed by atoms with Crippen LogP contribution in [0.1, 0.15) is 21.6 Å². The highest BCUT2D eigenvalue weighted by Crippen LogP contribution is 2.44. The van der Waals surface area contributed by atoms with Crippen molar-refractivity contribution in [2.45, 2.75) is 17.6 Å². The van der Waals surface area contributed by atoms with Gasteiger partial charge in [0.2, 0.25) is 5.95 Å². The molecule has 2 aromatic carbocycles. The van der Waals surface area contributed by atoms with Crippen molar-refractivity contribution >= 4 is 23.6 Å². The smallest absolute Gasteiger partial charge is 0.253 e. The normalized spacial score (nSPS) is 24.4. The molecule has 3 atom stereocenters. The lowest BCUT2D eigenvalue weighted by Gasteiger charge is -2.43. The van der Waals surface area contributed by atoms with E-state index in [4.69, 9.17) is 0 Å². The number of amides is 1. The fraction of sp³-hybridized carbons (Fsp3) is 0.292. The summed E-state index contributed by atoms with van der Waals surface area (Å²) in [5.41, 5.74) is 0.981. The van der Waals surface area contributed by atoms with E-state index in [0.717, 1.165) is 17.5 Å². The molecule has 9 heteroatoms. The number of halogens is 1. The highest BCUT2D eigenvalue weighted by Gasteiger charge is 2.52. The molecule has 0 radical (unpaired) electrons. The quantitative estimate of drug-likeness (QED) is 0.533. The summed E-state index contributed by atoms with van der Waals surface area (Å²) in [6.45, 7) is 0.741. The first-order valence-corrected chi connectivity index (χ1v) is 11.8. The molecule has 1 aromatic heterocycles. The van der Waals surface area contributed by atoms with Crippen molar-refractivity contribution in [2.75, 3.05) is 23.7 Å². The standard InChI is InChI=1S/C24H24FN5O2S/c25-19-11-26-22(27-20(19)13-31)30-12-18-14-33-23(28-21(32)16-7-3-1-4-8-16)29-24(18,15-30)17-9-5-2-6-10-17/h1-11,18,23,29,31H,12-15H2,(H,28,32)/t18-,23?,24+/m0/s1. The molecule has 170 valence electrons. The maximum absolute atomic E-state index is 13.8. The van der Waals surface area contributed by atoms with Gasteiger partial charge < -0.3 is 15.3 Å². The van der Waals surface area contributed by atoms with E-state index in [-0.39, 0.29) is 23.0 Å². The Morgan fingerprint density at radius 1 is 1.21 bits per heavy atom. The summed E-state index contributed by atoms with van der Waals surface area (Å²) in [5.74, 6) is 0.661. The molecule has 2 fully saturated rings. The molecule has 2 aliphatic heterocycles. The summed E-state index contributed by atoms with van der Waals surface area (Å²) in [5, 5.41) is 16.2. The minimum atomic E-state index is -0.618. The van der Waals surface area contributed by atoms with Crippen molar-refractivity contribution in [2.24, 2.45) is 5.92 Å². The van der Waals surface area contributed by atoms with E-state index in [1.165, 1.54) is 0 Å². The maximum Gasteiger partial charge on any atom is 0.253 e. The number of aliphatic hydroxyl groups excluding tert-OH is 1. The average Bonchev–Trinajstić information content (AvgIpc) is 3.25. The topological polar surface area (TPSA) is 90.4 Å². The van der Waals surface area contributed by atoms with E-state index in [9.17, 15) is 14.3 Å². The third-order valence-electron chi connectivity index (χ3n) is 6.25. The van der Waals surface area contributed by atoms with E-state index in [0.29, 0.717) is 24.6 Å². The fourth-order valence-corrected chi connectivity index (χ4v) is 5.88. The van der Waals surface area contributed by atoms with Crippen LogP contribution < -0.4 is 15.5 Å². The predicted molar refractivity (Wildman–Crippen MR) is 125 cm³/mol. The SMILES string of the molecule is O=C(NC1N[C@@]2(c3ccccc3)CN(c3ncc(F)c(CO)n3)C[C@H]2CS1)c1ccccc1. The number of benzene rings is 2. The van der Waals surface area contributed by atoms with Crippen LogP contribution in [-0.2, 0) is 12.1 Å². The molecule has 3 heterocycles. The lowest BCUT2D eigenvalue weighted by atomic mass is 9.81. The molecular weight excluding hydrogens is 441 g/mol. The Labute approximate surface area is 195 Å². The van der Waals surface area contributed by atoms with Gasteiger partial charge in [-0.1, -0.05) is 48.5 Å². The molecule has 5 rings (SSSR count). The van der Waals surface area contributed by atoms with Crippen LogP contribution in [0.2, 0.25) is 0 Å². The predicted octanol–water partition coefficient (Wildman–Crippen LogP) is 2.49. The third kappa shape index (κ3) is 4.19. The Morgan fingerprint density at radius 2 is 1.94 bits per heavy atom. The number of anilines is 1. The molecule has 1 unspecified atom stereocenters. The van der Waals surface area contributed by atoms with Gasteiger partial charge in [-0.15, -0.1) is 11.8 Å². The van der Waals surface area contributed by atoms with Crippen LogP contribution in [0.5, 0.6) is 0 Å². The van der Waals surface area contributed by atoms with E-state index >= 15 is 0 Å². The fourth-order valence-electron chi connectivity index (χ4n) is 4.59. The zero-order chi connectivity index (χ0) is 22.8. The molecule has 0 bridgehead atoms. The molecule has 0 saturated carbocycles. The van der Waals surface area contributed by atoms with E-state index in [1.54, 1.807) is 23.9 Å². The third-order valence-corrected chi connectivity index (χ3v) is 7.42. The van der Waals surface area contributed by atoms with Crippen molar-refractivity contribution in [1.82, 2.24) is 20.6 Å². The summed E-state index contributed by atoms with van der Waals surface area (Å²) in [4.78, 5) is 23.2. The van der Waals surface area contributed by atoms with Crippen LogP contribution in [0.15, 0.2) is 66.9 Å². The lowest BCUT2D eigenvalue weighted by molar-refractivity contribution is 0.0933. The van der Waals surface area contributed by atoms with E-state index in [1.807, 2.05) is 41.3 Å². The number of hydrogen-bond donors (Lipinski definition) is 3. The van der Waals surface area contributed by atoms with Crippen LogP contribution in [0.25, 0.3) is 0 Å². The number of thioether (sulfide) groups is 1. The first-order valence-electron chi connectivity index (χ1n) is 10.8. The molecule has 33 heavy (non-hydrogen) atoms. The van der Waals surface area contributed by atoms with Gasteiger partial charge in [-0.2, -0.15) is 0 Å². The van der Waals surface area contributed by atoms with Gasteiger partial charge in [0.1, 0.15) is 11.2 Å². The Morgan fingerprint density at radius 3 is 2.67 bits per heavy atom. The van der Waals surface area contributed by atoms with Gasteiger partial charge in [-0.05, 0) is 17.7 Å². The Kier molecular flexibility index (Phi) is 6.01. The van der Waals surface area contributed by atoms with Crippen LogP contribution in [0.4, 0.5) is 10.3 Å². The number of nitrogens with zero attached hydrogens (tertiary/aromatic N) is 3. The highest BCUT2D eigenvalue weighted by molar-refractivity contribution is 7.99. The van der Waals surface area contributed by atoms with Crippen LogP contribution in [0.3, 0.4) is 0 Å². The number of fused-ring (bicyclic) bond motifs is 1. The first kappa shape index (κ1) is 21.8. The number of rotatable bonds is 5. The number of nitrogens with one attached hydrogen (secondary N) is 2. The second-order valence-corrected chi connectivity index (χ2v) is 9.37. The first-order chi connectivity index (χ1) is 16.1. The highest BCUT2D eigenvalue weighted by atomic mass is 32.2. The second kappa shape index (κ2) is 9.09. The van der Waals surface area contributed by atoms with Gasteiger partial charge in [-0.25, -0.2) is 14.4 Å². The Bertz CT molecular complexity index is 1140. The summed E-state index contributed by atoms with van der Waals surface area (Å²) < 4.78 is 13.8. The number of hydrogen-bond acceptors (Lipinski definition) is 7. The van der Waals surface area contributed by atoms with Crippen molar-refractivity contribution in [3.63, 3.8) is 0 Å². The molecule has 2 saturated heterocycles. The van der Waals surface area contributed by atoms with Crippen molar-refractivity contribution < 1.29 is 14.3 Å². The monoisotopic (exact) mass is 465 g/mol. The van der Waals surface area contributed by atoms with Crippen molar-refractivity contribution in [3.05, 3.63) is 89.5 Å². The van der Waals surface area contributed by atoms with E-state index in [2.05, 4.69) is 32.7 Å².